The summed E-state index contributed by atoms with van der Waals surface area (Å²) in [5.41, 5.74) is 1.58. The largest absolute Gasteiger partial charge is 0.361 e. The van der Waals surface area contributed by atoms with Crippen LogP contribution in [-0.2, 0) is 16.0 Å². The average Bonchev–Trinajstić information content (AvgIpc) is 3.43. The Balaban J connectivity index is 1.52. The molecule has 2 amide bonds. The molecule has 1 aliphatic heterocycles. The first-order valence-electron chi connectivity index (χ1n) is 10.7. The lowest BCUT2D eigenvalue weighted by Gasteiger charge is -2.29. The fourth-order valence-corrected chi connectivity index (χ4v) is 4.57. The van der Waals surface area contributed by atoms with Crippen LogP contribution in [0.25, 0.3) is 0 Å². The molecule has 1 saturated carbocycles. The molecule has 1 unspecified atom stereocenters. The van der Waals surface area contributed by atoms with Crippen LogP contribution in [0.4, 0.5) is 0 Å². The molecule has 3 heterocycles. The molecule has 0 aromatic carbocycles. The summed E-state index contributed by atoms with van der Waals surface area (Å²) >= 11 is 0. The second kappa shape index (κ2) is 8.57. The second-order valence-electron chi connectivity index (χ2n) is 8.36. The van der Waals surface area contributed by atoms with Gasteiger partial charge in [-0.05, 0) is 40.0 Å². The molecule has 9 heteroatoms. The molecule has 2 aromatic heterocycles. The minimum absolute atomic E-state index is 0.0139. The lowest BCUT2D eigenvalue weighted by molar-refractivity contribution is -0.138. The molecule has 1 aliphatic carbocycles. The first-order chi connectivity index (χ1) is 14.4. The zero-order chi connectivity index (χ0) is 21.3. The molecule has 2 aliphatic rings. The highest BCUT2D eigenvalue weighted by molar-refractivity contribution is 5.81. The Bertz CT molecular complexity index is 895. The Morgan fingerprint density at radius 1 is 1.00 bits per heavy atom. The van der Waals surface area contributed by atoms with Crippen LogP contribution in [0.3, 0.4) is 0 Å². The highest BCUT2D eigenvalue weighted by atomic mass is 16.5. The Hall–Kier alpha value is -2.71. The van der Waals surface area contributed by atoms with Crippen molar-refractivity contribution in [2.24, 2.45) is 5.92 Å². The highest BCUT2D eigenvalue weighted by Gasteiger charge is 2.37. The van der Waals surface area contributed by atoms with Gasteiger partial charge < -0.3 is 18.8 Å². The van der Waals surface area contributed by atoms with Gasteiger partial charge in [0.15, 0.2) is 5.82 Å². The molecule has 0 radical (unpaired) electrons. The third-order valence-corrected chi connectivity index (χ3v) is 6.34. The van der Waals surface area contributed by atoms with E-state index in [0.717, 1.165) is 36.9 Å². The first-order valence-corrected chi connectivity index (χ1v) is 10.7. The molecule has 2 aromatic rings. The molecule has 0 spiro atoms. The lowest BCUT2D eigenvalue weighted by Crippen LogP contribution is -2.41. The minimum atomic E-state index is -0.295. The third kappa shape index (κ3) is 4.11. The molecule has 9 nitrogen and oxygen atoms in total. The van der Waals surface area contributed by atoms with E-state index in [0.29, 0.717) is 43.5 Å². The van der Waals surface area contributed by atoms with E-state index in [1.807, 2.05) is 23.6 Å². The van der Waals surface area contributed by atoms with Gasteiger partial charge in [-0.3, -0.25) is 9.59 Å². The van der Waals surface area contributed by atoms with Gasteiger partial charge in [-0.15, -0.1) is 0 Å². The molecular weight excluding hydrogens is 386 g/mol. The van der Waals surface area contributed by atoms with E-state index in [-0.39, 0.29) is 30.2 Å². The molecule has 4 rings (SSSR count). The maximum Gasteiger partial charge on any atom is 0.249 e. The smallest absolute Gasteiger partial charge is 0.249 e. The van der Waals surface area contributed by atoms with E-state index in [1.54, 1.807) is 6.92 Å². The molecule has 2 fully saturated rings. The van der Waals surface area contributed by atoms with Crippen molar-refractivity contribution in [3.63, 3.8) is 0 Å². The number of hydrogen-bond acceptors (Lipinski definition) is 7. The molecule has 0 N–H and O–H groups in total. The number of carbonyl (C=O) groups excluding carboxylic acids is 2. The van der Waals surface area contributed by atoms with Crippen molar-refractivity contribution in [1.29, 1.82) is 0 Å². The second-order valence-corrected chi connectivity index (χ2v) is 8.36. The summed E-state index contributed by atoms with van der Waals surface area (Å²) in [6.45, 7) is 6.92. The summed E-state index contributed by atoms with van der Waals surface area (Å²) in [6.07, 6.45) is 4.88. The van der Waals surface area contributed by atoms with Crippen LogP contribution < -0.4 is 0 Å². The number of aromatic nitrogens is 3. The normalized spacial score (nSPS) is 20.6. The minimum Gasteiger partial charge on any atom is -0.361 e. The van der Waals surface area contributed by atoms with Crippen LogP contribution in [0.2, 0.25) is 0 Å². The van der Waals surface area contributed by atoms with Gasteiger partial charge in [0.2, 0.25) is 17.7 Å². The zero-order valence-corrected chi connectivity index (χ0v) is 17.9. The summed E-state index contributed by atoms with van der Waals surface area (Å²) in [5.74, 6) is 1.90. The van der Waals surface area contributed by atoms with Gasteiger partial charge in [0, 0.05) is 31.1 Å². The van der Waals surface area contributed by atoms with Gasteiger partial charge in [-0.2, -0.15) is 4.98 Å². The molecule has 162 valence electrons. The topological polar surface area (TPSA) is 106 Å². The van der Waals surface area contributed by atoms with Crippen LogP contribution in [0, 0.1) is 26.7 Å². The van der Waals surface area contributed by atoms with Crippen LogP contribution in [0.5, 0.6) is 0 Å². The Labute approximate surface area is 175 Å². The van der Waals surface area contributed by atoms with E-state index in [9.17, 15) is 9.59 Å². The van der Waals surface area contributed by atoms with Crippen molar-refractivity contribution in [3.8, 4) is 0 Å². The SMILES string of the molecule is Cc1noc(C2CCN(C(=O)Cc3c(C)noc3C)CCN2C(=O)C2CCCC2)n1. The van der Waals surface area contributed by atoms with Crippen LogP contribution in [0.15, 0.2) is 9.05 Å². The monoisotopic (exact) mass is 415 g/mol. The predicted octanol–water partition coefficient (Wildman–Crippen LogP) is 2.52. The maximum absolute atomic E-state index is 13.3. The van der Waals surface area contributed by atoms with Gasteiger partial charge in [0.05, 0.1) is 12.1 Å². The number of amides is 2. The van der Waals surface area contributed by atoms with Crippen LogP contribution >= 0.6 is 0 Å². The standard InChI is InChI=1S/C21H29N5O4/c1-13-17(14(2)29-23-13)12-19(27)25-9-8-18(20-22-15(3)24-30-20)26(11-10-25)21(28)16-6-4-5-7-16/h16,18H,4-12H2,1-3H3. The van der Waals surface area contributed by atoms with Gasteiger partial charge in [-0.1, -0.05) is 23.2 Å². The van der Waals surface area contributed by atoms with Crippen molar-refractivity contribution in [1.82, 2.24) is 25.1 Å². The summed E-state index contributed by atoms with van der Waals surface area (Å²) in [5, 5.41) is 7.86. The number of nitrogens with zero attached hydrogens (tertiary/aromatic N) is 5. The van der Waals surface area contributed by atoms with Crippen LogP contribution in [0.1, 0.15) is 66.9 Å². The summed E-state index contributed by atoms with van der Waals surface area (Å²) in [6, 6.07) is -0.295. The average molecular weight is 415 g/mol. The molecular formula is C21H29N5O4. The quantitative estimate of drug-likeness (QED) is 0.755. The highest BCUT2D eigenvalue weighted by Crippen LogP contribution is 2.32. The molecule has 30 heavy (non-hydrogen) atoms. The Morgan fingerprint density at radius 2 is 1.77 bits per heavy atom. The maximum atomic E-state index is 13.3. The first kappa shape index (κ1) is 20.6. The van der Waals surface area contributed by atoms with E-state index in [2.05, 4.69) is 15.3 Å². The van der Waals surface area contributed by atoms with Crippen LogP contribution in [-0.4, -0.2) is 56.5 Å². The van der Waals surface area contributed by atoms with Crippen molar-refractivity contribution < 1.29 is 18.6 Å². The van der Waals surface area contributed by atoms with Gasteiger partial charge >= 0.3 is 0 Å². The van der Waals surface area contributed by atoms with E-state index < -0.39 is 0 Å². The van der Waals surface area contributed by atoms with E-state index in [4.69, 9.17) is 9.05 Å². The summed E-state index contributed by atoms with van der Waals surface area (Å²) < 4.78 is 10.6. The third-order valence-electron chi connectivity index (χ3n) is 6.34. The predicted molar refractivity (Wildman–Crippen MR) is 106 cm³/mol. The van der Waals surface area contributed by atoms with Crippen molar-refractivity contribution >= 4 is 11.8 Å². The lowest BCUT2D eigenvalue weighted by atomic mass is 10.0. The number of carbonyl (C=O) groups is 2. The van der Waals surface area contributed by atoms with Gasteiger partial charge in [0.25, 0.3) is 0 Å². The zero-order valence-electron chi connectivity index (χ0n) is 17.9. The summed E-state index contributed by atoms with van der Waals surface area (Å²) in [7, 11) is 0. The number of hydrogen-bond donors (Lipinski definition) is 0. The van der Waals surface area contributed by atoms with E-state index in [1.165, 1.54) is 0 Å². The van der Waals surface area contributed by atoms with Crippen molar-refractivity contribution in [3.05, 3.63) is 28.7 Å². The Kier molecular flexibility index (Phi) is 5.87. The van der Waals surface area contributed by atoms with Gasteiger partial charge in [-0.25, -0.2) is 0 Å². The number of aryl methyl sites for hydroxylation is 3. The van der Waals surface area contributed by atoms with Crippen molar-refractivity contribution in [2.45, 2.75) is 65.3 Å². The number of rotatable bonds is 4. The Morgan fingerprint density at radius 3 is 2.40 bits per heavy atom. The molecule has 1 atom stereocenters. The molecule has 1 saturated heterocycles. The molecule has 0 bridgehead atoms. The fourth-order valence-electron chi connectivity index (χ4n) is 4.57. The fraction of sp³-hybridized carbons (Fsp3) is 0.667. The van der Waals surface area contributed by atoms with Gasteiger partial charge in [0.1, 0.15) is 11.8 Å². The van der Waals surface area contributed by atoms with E-state index >= 15 is 0 Å². The summed E-state index contributed by atoms with van der Waals surface area (Å²) in [4.78, 5) is 34.4. The van der Waals surface area contributed by atoms with Crippen molar-refractivity contribution in [2.75, 3.05) is 19.6 Å².